The first kappa shape index (κ1) is 20.4. The molecule has 1 N–H and O–H groups in total. The highest BCUT2D eigenvalue weighted by Crippen LogP contribution is 2.26. The lowest BCUT2D eigenvalue weighted by molar-refractivity contribution is -0.114. The molecule has 150 valence electrons. The molecule has 2 heterocycles. The highest BCUT2D eigenvalue weighted by atomic mass is 32.1. The first-order valence-corrected chi connectivity index (χ1v) is 10.3. The van der Waals surface area contributed by atoms with E-state index in [0.717, 1.165) is 41.3 Å². The van der Waals surface area contributed by atoms with Crippen LogP contribution in [0.15, 0.2) is 35.7 Å². The Morgan fingerprint density at radius 1 is 1.29 bits per heavy atom. The number of ether oxygens (including phenoxy) is 1. The van der Waals surface area contributed by atoms with Crippen molar-refractivity contribution in [3.8, 4) is 0 Å². The van der Waals surface area contributed by atoms with Crippen LogP contribution in [0.5, 0.6) is 0 Å². The van der Waals surface area contributed by atoms with Gasteiger partial charge in [-0.15, -0.1) is 11.3 Å². The number of thiophene rings is 1. The van der Waals surface area contributed by atoms with E-state index in [1.165, 1.54) is 18.3 Å². The summed E-state index contributed by atoms with van der Waals surface area (Å²) in [7, 11) is 3.95. The number of benzene rings is 1. The van der Waals surface area contributed by atoms with Crippen molar-refractivity contribution >= 4 is 34.5 Å². The van der Waals surface area contributed by atoms with Gasteiger partial charge >= 0.3 is 0 Å². The Hall–Kier alpha value is -2.38. The zero-order chi connectivity index (χ0) is 20.1. The largest absolute Gasteiger partial charge is 0.377 e. The zero-order valence-electron chi connectivity index (χ0n) is 16.6. The molecule has 0 saturated carbocycles. The van der Waals surface area contributed by atoms with E-state index in [9.17, 15) is 9.59 Å². The van der Waals surface area contributed by atoms with Gasteiger partial charge in [-0.3, -0.25) is 9.59 Å². The molecule has 1 aliphatic heterocycles. The van der Waals surface area contributed by atoms with Gasteiger partial charge in [-0.05, 0) is 48.1 Å². The lowest BCUT2D eigenvalue weighted by Crippen LogP contribution is -2.37. The summed E-state index contributed by atoms with van der Waals surface area (Å²) in [6.45, 7) is 3.27. The van der Waals surface area contributed by atoms with Gasteiger partial charge in [-0.1, -0.05) is 6.07 Å². The lowest BCUT2D eigenvalue weighted by atomic mass is 10.1. The quantitative estimate of drug-likeness (QED) is 0.770. The van der Waals surface area contributed by atoms with Crippen LogP contribution in [0.3, 0.4) is 0 Å². The van der Waals surface area contributed by atoms with E-state index < -0.39 is 0 Å². The average molecular weight is 402 g/mol. The molecule has 28 heavy (non-hydrogen) atoms. The Morgan fingerprint density at radius 2 is 2.11 bits per heavy atom. The topological polar surface area (TPSA) is 61.9 Å². The molecule has 1 saturated heterocycles. The molecular formula is C21H27N3O3S. The van der Waals surface area contributed by atoms with E-state index in [2.05, 4.69) is 5.32 Å². The number of nitrogens with zero attached hydrogens (tertiary/aromatic N) is 2. The molecule has 3 rings (SSSR count). The molecule has 1 atom stereocenters. The van der Waals surface area contributed by atoms with Crippen molar-refractivity contribution in [1.82, 2.24) is 4.90 Å². The summed E-state index contributed by atoms with van der Waals surface area (Å²) in [5.74, 6) is -0.102. The average Bonchev–Trinajstić information content (AvgIpc) is 3.34. The summed E-state index contributed by atoms with van der Waals surface area (Å²) >= 11 is 1.45. The van der Waals surface area contributed by atoms with Crippen molar-refractivity contribution in [3.05, 3.63) is 46.2 Å². The van der Waals surface area contributed by atoms with E-state index in [1.54, 1.807) is 0 Å². The fourth-order valence-corrected chi connectivity index (χ4v) is 4.14. The molecule has 0 bridgehead atoms. The number of rotatable bonds is 7. The van der Waals surface area contributed by atoms with Gasteiger partial charge in [0.25, 0.3) is 5.91 Å². The van der Waals surface area contributed by atoms with Gasteiger partial charge in [0.15, 0.2) is 0 Å². The first-order chi connectivity index (χ1) is 13.4. The SMILES string of the molecule is CC(=O)Nc1ccc(N(C)C)c(CN(C[C@H]2CCCO2)C(=O)c2cccs2)c1. The normalized spacial score (nSPS) is 16.0. The minimum absolute atomic E-state index is 0.0140. The predicted octanol–water partition coefficient (Wildman–Crippen LogP) is 3.59. The van der Waals surface area contributed by atoms with Crippen molar-refractivity contribution in [2.24, 2.45) is 0 Å². The van der Waals surface area contributed by atoms with E-state index in [0.29, 0.717) is 13.1 Å². The van der Waals surface area contributed by atoms with Crippen LogP contribution in [-0.2, 0) is 16.1 Å². The smallest absolute Gasteiger partial charge is 0.264 e. The maximum absolute atomic E-state index is 13.1. The molecule has 0 aliphatic carbocycles. The molecular weight excluding hydrogens is 374 g/mol. The Kier molecular flexibility index (Phi) is 6.70. The van der Waals surface area contributed by atoms with Gasteiger partial charge in [0.1, 0.15) is 0 Å². The highest BCUT2D eigenvalue weighted by molar-refractivity contribution is 7.12. The Labute approximate surface area is 170 Å². The molecule has 0 unspecified atom stereocenters. The fourth-order valence-electron chi connectivity index (χ4n) is 3.44. The molecule has 2 amide bonds. The van der Waals surface area contributed by atoms with E-state index in [1.807, 2.05) is 59.6 Å². The van der Waals surface area contributed by atoms with Crippen LogP contribution in [0.25, 0.3) is 0 Å². The molecule has 1 fully saturated rings. The highest BCUT2D eigenvalue weighted by Gasteiger charge is 2.25. The van der Waals surface area contributed by atoms with Crippen molar-refractivity contribution < 1.29 is 14.3 Å². The van der Waals surface area contributed by atoms with Gasteiger partial charge in [-0.2, -0.15) is 0 Å². The Bertz CT molecular complexity index is 814. The third kappa shape index (κ3) is 5.11. The van der Waals surface area contributed by atoms with Crippen molar-refractivity contribution in [3.63, 3.8) is 0 Å². The minimum Gasteiger partial charge on any atom is -0.377 e. The van der Waals surface area contributed by atoms with Crippen molar-refractivity contribution in [2.45, 2.75) is 32.4 Å². The van der Waals surface area contributed by atoms with Crippen molar-refractivity contribution in [2.75, 3.05) is 37.5 Å². The lowest BCUT2D eigenvalue weighted by Gasteiger charge is -2.28. The summed E-state index contributed by atoms with van der Waals surface area (Å²) in [5.41, 5.74) is 2.73. The predicted molar refractivity (Wildman–Crippen MR) is 113 cm³/mol. The molecule has 1 aromatic carbocycles. The molecule has 2 aromatic rings. The van der Waals surface area contributed by atoms with E-state index in [4.69, 9.17) is 4.74 Å². The summed E-state index contributed by atoms with van der Waals surface area (Å²) in [6.07, 6.45) is 2.08. The van der Waals surface area contributed by atoms with Gasteiger partial charge in [0.05, 0.1) is 11.0 Å². The van der Waals surface area contributed by atoms with Crippen LogP contribution < -0.4 is 10.2 Å². The van der Waals surface area contributed by atoms with Gasteiger partial charge in [-0.25, -0.2) is 0 Å². The molecule has 0 radical (unpaired) electrons. The number of amides is 2. The monoisotopic (exact) mass is 401 g/mol. The zero-order valence-corrected chi connectivity index (χ0v) is 17.4. The second-order valence-electron chi connectivity index (χ2n) is 7.22. The van der Waals surface area contributed by atoms with E-state index >= 15 is 0 Å². The summed E-state index contributed by atoms with van der Waals surface area (Å²) in [4.78, 5) is 29.2. The van der Waals surface area contributed by atoms with Gasteiger partial charge in [0.2, 0.25) is 5.91 Å². The number of nitrogens with one attached hydrogen (secondary N) is 1. The molecule has 7 heteroatoms. The first-order valence-electron chi connectivity index (χ1n) is 9.46. The maximum Gasteiger partial charge on any atom is 0.264 e. The number of carbonyl (C=O) groups excluding carboxylic acids is 2. The van der Waals surface area contributed by atoms with Crippen LogP contribution >= 0.6 is 11.3 Å². The second kappa shape index (κ2) is 9.21. The van der Waals surface area contributed by atoms with E-state index in [-0.39, 0.29) is 17.9 Å². The van der Waals surface area contributed by atoms with Crippen LogP contribution in [0, 0.1) is 0 Å². The van der Waals surface area contributed by atoms with Crippen molar-refractivity contribution in [1.29, 1.82) is 0 Å². The molecule has 6 nitrogen and oxygen atoms in total. The van der Waals surface area contributed by atoms with Gasteiger partial charge in [0, 0.05) is 52.1 Å². The third-order valence-electron chi connectivity index (χ3n) is 4.71. The number of hydrogen-bond acceptors (Lipinski definition) is 5. The van der Waals surface area contributed by atoms with Crippen LogP contribution in [0.1, 0.15) is 35.0 Å². The maximum atomic E-state index is 13.1. The van der Waals surface area contributed by atoms with Gasteiger partial charge < -0.3 is 19.9 Å². The third-order valence-corrected chi connectivity index (χ3v) is 5.57. The molecule has 1 aromatic heterocycles. The Morgan fingerprint density at radius 3 is 2.71 bits per heavy atom. The fraction of sp³-hybridized carbons (Fsp3) is 0.429. The summed E-state index contributed by atoms with van der Waals surface area (Å²) < 4.78 is 5.78. The standard InChI is InChI=1S/C21H27N3O3S/c1-15(25)22-17-8-9-19(23(2)3)16(12-17)13-24(14-18-6-4-10-27-18)21(26)20-7-5-11-28-20/h5,7-9,11-12,18H,4,6,10,13-14H2,1-3H3,(H,22,25)/t18-/m1/s1. The number of carbonyl (C=O) groups is 2. The number of anilines is 2. The van der Waals surface area contributed by atoms with Crippen LogP contribution in [0.2, 0.25) is 0 Å². The minimum atomic E-state index is -0.116. The summed E-state index contributed by atoms with van der Waals surface area (Å²) in [5, 5.41) is 4.75. The van der Waals surface area contributed by atoms with Crippen LogP contribution in [-0.4, -0.2) is 50.1 Å². The van der Waals surface area contributed by atoms with Crippen LogP contribution in [0.4, 0.5) is 11.4 Å². The number of hydrogen-bond donors (Lipinski definition) is 1. The Balaban J connectivity index is 1.89. The summed E-state index contributed by atoms with van der Waals surface area (Å²) in [6, 6.07) is 9.55. The molecule has 0 spiro atoms. The molecule has 1 aliphatic rings. The second-order valence-corrected chi connectivity index (χ2v) is 8.16.